The summed E-state index contributed by atoms with van der Waals surface area (Å²) in [5, 5.41) is 6.44. The van der Waals surface area contributed by atoms with Crippen molar-refractivity contribution in [1.29, 1.82) is 0 Å². The van der Waals surface area contributed by atoms with Gasteiger partial charge in [0, 0.05) is 23.5 Å². The molecule has 1 fully saturated rings. The molecule has 1 aliphatic carbocycles. The van der Waals surface area contributed by atoms with E-state index in [2.05, 4.69) is 36.5 Å². The van der Waals surface area contributed by atoms with E-state index in [1.165, 1.54) is 12.8 Å². The average molecular weight is 333 g/mol. The molecule has 0 aliphatic heterocycles. The van der Waals surface area contributed by atoms with Crippen LogP contribution in [0.15, 0.2) is 34.9 Å². The molecule has 6 heteroatoms. The van der Waals surface area contributed by atoms with E-state index in [0.717, 1.165) is 22.3 Å². The molecule has 20 heavy (non-hydrogen) atoms. The zero-order chi connectivity index (χ0) is 13.9. The molecule has 1 aliphatic rings. The van der Waals surface area contributed by atoms with Crippen molar-refractivity contribution in [3.63, 3.8) is 0 Å². The Balaban J connectivity index is 1.80. The maximum absolute atomic E-state index is 10.8. The van der Waals surface area contributed by atoms with Crippen LogP contribution in [0.3, 0.4) is 0 Å². The van der Waals surface area contributed by atoms with Crippen molar-refractivity contribution < 1.29 is 4.79 Å². The first kappa shape index (κ1) is 13.1. The minimum absolute atomic E-state index is 0.499. The first-order chi connectivity index (χ1) is 9.74. The Morgan fingerprint density at radius 1 is 1.35 bits per heavy atom. The number of aldehydes is 1. The number of rotatable bonds is 5. The van der Waals surface area contributed by atoms with Gasteiger partial charge in [0.25, 0.3) is 0 Å². The fourth-order valence-electron chi connectivity index (χ4n) is 1.77. The quantitative estimate of drug-likeness (QED) is 0.821. The highest BCUT2D eigenvalue weighted by atomic mass is 79.9. The maximum Gasteiger partial charge on any atom is 0.229 e. The maximum atomic E-state index is 10.8. The Hall–Kier alpha value is -1.95. The van der Waals surface area contributed by atoms with Gasteiger partial charge in [-0.15, -0.1) is 0 Å². The Morgan fingerprint density at radius 2 is 2.20 bits per heavy atom. The molecule has 0 unspecified atom stereocenters. The van der Waals surface area contributed by atoms with E-state index in [1.54, 1.807) is 18.3 Å². The number of hydrogen-bond donors (Lipinski definition) is 2. The number of carbonyl (C=O) groups excluding carboxylic acids is 1. The van der Waals surface area contributed by atoms with Gasteiger partial charge in [-0.05, 0) is 40.9 Å². The zero-order valence-electron chi connectivity index (χ0n) is 10.6. The Bertz CT molecular complexity index is 643. The van der Waals surface area contributed by atoms with Crippen LogP contribution in [0.2, 0.25) is 0 Å². The highest BCUT2D eigenvalue weighted by molar-refractivity contribution is 9.10. The lowest BCUT2D eigenvalue weighted by atomic mass is 10.2. The van der Waals surface area contributed by atoms with Crippen LogP contribution in [0.5, 0.6) is 0 Å². The van der Waals surface area contributed by atoms with E-state index >= 15 is 0 Å². The van der Waals surface area contributed by atoms with Crippen molar-refractivity contribution in [1.82, 2.24) is 9.97 Å². The summed E-state index contributed by atoms with van der Waals surface area (Å²) in [6, 6.07) is 7.71. The molecular formula is C14H13BrN4O. The predicted molar refractivity (Wildman–Crippen MR) is 81.5 cm³/mol. The van der Waals surface area contributed by atoms with Crippen molar-refractivity contribution in [2.75, 3.05) is 10.6 Å². The van der Waals surface area contributed by atoms with Crippen LogP contribution in [0.4, 0.5) is 17.5 Å². The molecule has 0 saturated heterocycles. The topological polar surface area (TPSA) is 66.9 Å². The second-order valence-corrected chi connectivity index (χ2v) is 5.53. The lowest BCUT2D eigenvalue weighted by Crippen LogP contribution is -2.06. The Labute approximate surface area is 125 Å². The number of anilines is 3. The second kappa shape index (κ2) is 5.58. The summed E-state index contributed by atoms with van der Waals surface area (Å²) in [6.07, 6.45) is 4.89. The minimum Gasteiger partial charge on any atom is -0.366 e. The first-order valence-corrected chi connectivity index (χ1v) is 7.15. The summed E-state index contributed by atoms with van der Waals surface area (Å²) in [6.45, 7) is 0. The summed E-state index contributed by atoms with van der Waals surface area (Å²) in [5.41, 5.74) is 1.40. The summed E-state index contributed by atoms with van der Waals surface area (Å²) < 4.78 is 0.844. The molecule has 1 saturated carbocycles. The third-order valence-electron chi connectivity index (χ3n) is 2.94. The van der Waals surface area contributed by atoms with Gasteiger partial charge >= 0.3 is 0 Å². The van der Waals surface area contributed by atoms with Crippen molar-refractivity contribution in [3.05, 3.63) is 40.5 Å². The van der Waals surface area contributed by atoms with Crippen LogP contribution in [0.1, 0.15) is 23.2 Å². The lowest BCUT2D eigenvalue weighted by Gasteiger charge is -2.09. The zero-order valence-corrected chi connectivity index (χ0v) is 12.2. The molecule has 5 nitrogen and oxygen atoms in total. The largest absolute Gasteiger partial charge is 0.366 e. The molecule has 1 aromatic carbocycles. The van der Waals surface area contributed by atoms with Crippen molar-refractivity contribution in [2.45, 2.75) is 18.9 Å². The summed E-state index contributed by atoms with van der Waals surface area (Å²) in [4.78, 5) is 19.4. The number of nitrogens with one attached hydrogen (secondary N) is 2. The number of carbonyl (C=O) groups is 1. The van der Waals surface area contributed by atoms with Gasteiger partial charge in [-0.3, -0.25) is 4.79 Å². The molecule has 0 radical (unpaired) electrons. The fraction of sp³-hybridized carbons (Fsp3) is 0.214. The average Bonchev–Trinajstić information content (AvgIpc) is 3.27. The number of halogens is 1. The molecule has 102 valence electrons. The van der Waals surface area contributed by atoms with Crippen LogP contribution in [-0.4, -0.2) is 22.3 Å². The molecule has 0 bridgehead atoms. The highest BCUT2D eigenvalue weighted by Crippen LogP contribution is 2.28. The number of nitrogens with zero attached hydrogens (tertiary/aromatic N) is 2. The normalized spacial score (nSPS) is 13.8. The van der Waals surface area contributed by atoms with Crippen molar-refractivity contribution in [3.8, 4) is 0 Å². The molecule has 0 spiro atoms. The van der Waals surface area contributed by atoms with Gasteiger partial charge in [-0.2, -0.15) is 4.98 Å². The smallest absolute Gasteiger partial charge is 0.229 e. The van der Waals surface area contributed by atoms with Gasteiger partial charge < -0.3 is 10.6 Å². The minimum atomic E-state index is 0.499. The van der Waals surface area contributed by atoms with Crippen LogP contribution in [0, 0.1) is 0 Å². The molecule has 1 aromatic heterocycles. The van der Waals surface area contributed by atoms with Crippen molar-refractivity contribution >= 4 is 39.7 Å². The van der Waals surface area contributed by atoms with Gasteiger partial charge in [0.2, 0.25) is 5.95 Å². The standard InChI is InChI=1S/C14H13BrN4O/c15-12-7-16-14(19-13(12)17-10-4-5-10)18-11-3-1-2-9(6-11)8-20/h1-3,6-8,10H,4-5H2,(H2,16,17,18,19). The van der Waals surface area contributed by atoms with E-state index in [9.17, 15) is 4.79 Å². The first-order valence-electron chi connectivity index (χ1n) is 6.36. The third kappa shape index (κ3) is 3.14. The molecule has 2 aromatic rings. The summed E-state index contributed by atoms with van der Waals surface area (Å²) in [5.74, 6) is 1.29. The number of benzene rings is 1. The van der Waals surface area contributed by atoms with E-state index in [0.29, 0.717) is 17.6 Å². The predicted octanol–water partition coefficient (Wildman–Crippen LogP) is 3.37. The summed E-state index contributed by atoms with van der Waals surface area (Å²) >= 11 is 3.43. The van der Waals surface area contributed by atoms with Gasteiger partial charge in [-0.1, -0.05) is 12.1 Å². The molecule has 0 atom stereocenters. The van der Waals surface area contributed by atoms with Gasteiger partial charge in [0.15, 0.2) is 0 Å². The van der Waals surface area contributed by atoms with Crippen LogP contribution >= 0.6 is 15.9 Å². The van der Waals surface area contributed by atoms with E-state index in [4.69, 9.17) is 0 Å². The van der Waals surface area contributed by atoms with E-state index in [-0.39, 0.29) is 0 Å². The monoisotopic (exact) mass is 332 g/mol. The van der Waals surface area contributed by atoms with Gasteiger partial charge in [0.1, 0.15) is 12.1 Å². The molecule has 2 N–H and O–H groups in total. The SMILES string of the molecule is O=Cc1cccc(Nc2ncc(Br)c(NC3CC3)n2)c1. The number of aromatic nitrogens is 2. The van der Waals surface area contributed by atoms with Crippen molar-refractivity contribution in [2.24, 2.45) is 0 Å². The highest BCUT2D eigenvalue weighted by Gasteiger charge is 2.22. The van der Waals surface area contributed by atoms with Crippen LogP contribution in [0.25, 0.3) is 0 Å². The van der Waals surface area contributed by atoms with Crippen LogP contribution in [-0.2, 0) is 0 Å². The lowest BCUT2D eigenvalue weighted by molar-refractivity contribution is 0.112. The molecule has 1 heterocycles. The van der Waals surface area contributed by atoms with Crippen LogP contribution < -0.4 is 10.6 Å². The molecule has 0 amide bonds. The second-order valence-electron chi connectivity index (χ2n) is 4.68. The fourth-order valence-corrected chi connectivity index (χ4v) is 2.07. The molecular weight excluding hydrogens is 320 g/mol. The Morgan fingerprint density at radius 3 is 2.95 bits per heavy atom. The summed E-state index contributed by atoms with van der Waals surface area (Å²) in [7, 11) is 0. The van der Waals surface area contributed by atoms with E-state index < -0.39 is 0 Å². The molecule has 3 rings (SSSR count). The third-order valence-corrected chi connectivity index (χ3v) is 3.52. The van der Waals surface area contributed by atoms with Gasteiger partial charge in [-0.25, -0.2) is 4.98 Å². The number of hydrogen-bond acceptors (Lipinski definition) is 5. The van der Waals surface area contributed by atoms with Gasteiger partial charge in [0.05, 0.1) is 4.47 Å². The van der Waals surface area contributed by atoms with E-state index in [1.807, 2.05) is 12.1 Å². The Kier molecular flexibility index (Phi) is 3.64.